The van der Waals surface area contributed by atoms with Crippen molar-refractivity contribution in [1.29, 1.82) is 0 Å². The molecule has 1 heterocycles. The van der Waals surface area contributed by atoms with Crippen molar-refractivity contribution in [3.63, 3.8) is 0 Å². The predicted octanol–water partition coefficient (Wildman–Crippen LogP) is 2.49. The van der Waals surface area contributed by atoms with Crippen LogP contribution in [0.25, 0.3) is 22.8 Å². The zero-order valence-corrected chi connectivity index (χ0v) is 20.9. The lowest BCUT2D eigenvalue weighted by Crippen LogP contribution is -2.43. The number of halogens is 1. The van der Waals surface area contributed by atoms with E-state index in [4.69, 9.17) is 4.18 Å². The molecule has 0 radical (unpaired) electrons. The quantitative estimate of drug-likeness (QED) is 0.0770. The summed E-state index contributed by atoms with van der Waals surface area (Å²) in [5.41, 5.74) is 0.873. The molecule has 0 amide bonds. The Morgan fingerprint density at radius 3 is 2.31 bits per heavy atom. The lowest BCUT2D eigenvalue weighted by atomic mass is 10.2. The Bertz CT molecular complexity index is 1560. The molecular formula is C19H13IN5O8S2+. The first-order chi connectivity index (χ1) is 16.5. The molecule has 13 nitrogen and oxygen atoms in total. The van der Waals surface area contributed by atoms with Crippen LogP contribution in [0.15, 0.2) is 71.6 Å². The summed E-state index contributed by atoms with van der Waals surface area (Å²) in [5, 5.41) is 19.9. The van der Waals surface area contributed by atoms with Gasteiger partial charge >= 0.3 is 17.2 Å². The van der Waals surface area contributed by atoms with Gasteiger partial charge in [-0.2, -0.15) is 12.6 Å². The second-order valence-electron chi connectivity index (χ2n) is 6.79. The van der Waals surface area contributed by atoms with Crippen molar-refractivity contribution in [2.75, 3.05) is 0 Å². The normalized spacial score (nSPS) is 12.3. The fourth-order valence-electron chi connectivity index (χ4n) is 3.00. The number of aromatic nitrogens is 4. The van der Waals surface area contributed by atoms with Gasteiger partial charge in [0.25, 0.3) is 15.8 Å². The number of hydrogen-bond donors (Lipinski definition) is 2. The van der Waals surface area contributed by atoms with Crippen molar-refractivity contribution in [1.82, 2.24) is 15.0 Å². The molecule has 1 atom stereocenters. The first-order valence-corrected chi connectivity index (χ1v) is 12.9. The molecule has 0 aliphatic rings. The molecule has 0 fully saturated rings. The van der Waals surface area contributed by atoms with E-state index >= 15 is 0 Å². The third-order valence-electron chi connectivity index (χ3n) is 4.56. The summed E-state index contributed by atoms with van der Waals surface area (Å²) >= 11 is -0.696. The number of hydrogen-bond acceptors (Lipinski definition) is 8. The topological polar surface area (TPSA) is 179 Å². The lowest BCUT2D eigenvalue weighted by Gasteiger charge is -2.05. The van der Waals surface area contributed by atoms with Crippen LogP contribution >= 0.6 is 22.6 Å². The lowest BCUT2D eigenvalue weighted by molar-refractivity contribution is -0.734. The molecule has 0 bridgehead atoms. The van der Waals surface area contributed by atoms with E-state index in [9.17, 15) is 31.8 Å². The summed E-state index contributed by atoms with van der Waals surface area (Å²) in [5.74, 6) is -0.416. The minimum atomic E-state index is -4.63. The Morgan fingerprint density at radius 2 is 1.74 bits per heavy atom. The van der Waals surface area contributed by atoms with Crippen LogP contribution in [-0.2, 0) is 21.5 Å². The summed E-state index contributed by atoms with van der Waals surface area (Å²) < 4.78 is 58.7. The fourth-order valence-corrected chi connectivity index (χ4v) is 4.15. The molecule has 1 unspecified atom stereocenters. The molecule has 0 spiro atoms. The van der Waals surface area contributed by atoms with Gasteiger partial charge in [-0.1, -0.05) is 0 Å². The first-order valence-electron chi connectivity index (χ1n) is 9.34. The number of benzene rings is 3. The summed E-state index contributed by atoms with van der Waals surface area (Å²) in [6.45, 7) is 0. The minimum absolute atomic E-state index is 0.0377. The monoisotopic (exact) mass is 630 g/mol. The van der Waals surface area contributed by atoms with Gasteiger partial charge in [-0.25, -0.2) is 0 Å². The molecule has 0 saturated heterocycles. The Labute approximate surface area is 213 Å². The number of rotatable bonds is 7. The first kappa shape index (κ1) is 24.8. The van der Waals surface area contributed by atoms with Crippen LogP contribution in [0.2, 0.25) is 0 Å². The maximum absolute atomic E-state index is 11.5. The van der Waals surface area contributed by atoms with Crippen LogP contribution in [0.3, 0.4) is 0 Å². The number of nitro benzene ring substituents is 1. The molecule has 3 aromatic carbocycles. The van der Waals surface area contributed by atoms with Crippen LogP contribution in [0.5, 0.6) is 5.75 Å². The number of tetrazole rings is 1. The van der Waals surface area contributed by atoms with E-state index in [1.165, 1.54) is 39.9 Å². The van der Waals surface area contributed by atoms with E-state index in [2.05, 4.69) is 32.8 Å². The highest BCUT2D eigenvalue weighted by molar-refractivity contribution is 14.1. The molecule has 0 aliphatic carbocycles. The van der Waals surface area contributed by atoms with Gasteiger partial charge in [-0.3, -0.25) is 19.2 Å². The van der Waals surface area contributed by atoms with Crippen LogP contribution < -0.4 is 8.98 Å². The summed E-state index contributed by atoms with van der Waals surface area (Å²) in [6.07, 6.45) is 0. The Morgan fingerprint density at radius 1 is 1.09 bits per heavy atom. The third kappa shape index (κ3) is 5.51. The SMILES string of the molecule is O=[N+]([O-])c1ccc(-[n+]2nc(-c3ccc(S(=O)(=O)O)cc3OS(=O)O)nn2-c2ccc(I)cc2)cc1. The average molecular weight is 630 g/mol. The van der Waals surface area contributed by atoms with Crippen LogP contribution in [-0.4, -0.2) is 41.6 Å². The van der Waals surface area contributed by atoms with Crippen molar-refractivity contribution in [3.8, 4) is 28.5 Å². The molecule has 4 rings (SSSR count). The van der Waals surface area contributed by atoms with Crippen molar-refractivity contribution in [3.05, 3.63) is 80.4 Å². The molecule has 0 saturated carbocycles. The maximum atomic E-state index is 11.5. The Balaban J connectivity index is 1.92. The largest absolute Gasteiger partial charge is 0.379 e. The van der Waals surface area contributed by atoms with E-state index in [0.29, 0.717) is 11.4 Å². The highest BCUT2D eigenvalue weighted by Gasteiger charge is 2.28. The number of nitrogens with zero attached hydrogens (tertiary/aromatic N) is 5. The van der Waals surface area contributed by atoms with Crippen molar-refractivity contribution < 1.29 is 35.6 Å². The van der Waals surface area contributed by atoms with Gasteiger partial charge in [0.05, 0.1) is 20.5 Å². The predicted molar refractivity (Wildman–Crippen MR) is 129 cm³/mol. The van der Waals surface area contributed by atoms with Gasteiger partial charge in [0.15, 0.2) is 11.4 Å². The average Bonchev–Trinajstić information content (AvgIpc) is 3.24. The van der Waals surface area contributed by atoms with E-state index in [1.807, 2.05) is 12.1 Å². The second-order valence-corrected chi connectivity index (χ2v) is 10.1. The second kappa shape index (κ2) is 9.74. The van der Waals surface area contributed by atoms with Gasteiger partial charge in [0, 0.05) is 26.6 Å². The Kier molecular flexibility index (Phi) is 6.90. The highest BCUT2D eigenvalue weighted by atomic mass is 127. The smallest absolute Gasteiger partial charge is 0.357 e. The summed E-state index contributed by atoms with van der Waals surface area (Å²) in [4.78, 5) is 12.6. The highest BCUT2D eigenvalue weighted by Crippen LogP contribution is 2.31. The molecule has 1 aromatic heterocycles. The van der Waals surface area contributed by atoms with Crippen molar-refractivity contribution in [2.45, 2.75) is 4.90 Å². The standard InChI is InChI=1S/C19H12IN5O8S2/c20-12-1-3-13(4-2-12)23-21-19(22-24(23)14-5-7-15(8-6-14)25(26)27)17-10-9-16(35(30,31)32)11-18(17)33-34(28)29/h1-11H,(H-,28,29,30,31,32)/p+1. The molecule has 4 aromatic rings. The summed E-state index contributed by atoms with van der Waals surface area (Å²) in [6, 6.07) is 15.8. The molecule has 180 valence electrons. The van der Waals surface area contributed by atoms with E-state index in [-0.39, 0.29) is 22.8 Å². The van der Waals surface area contributed by atoms with E-state index < -0.39 is 31.3 Å². The zero-order valence-electron chi connectivity index (χ0n) is 17.1. The van der Waals surface area contributed by atoms with Crippen LogP contribution in [0, 0.1) is 13.7 Å². The molecular weight excluding hydrogens is 617 g/mol. The molecule has 16 heteroatoms. The van der Waals surface area contributed by atoms with Gasteiger partial charge in [0.2, 0.25) is 0 Å². The van der Waals surface area contributed by atoms with Gasteiger partial charge in [-0.15, -0.1) is 0 Å². The van der Waals surface area contributed by atoms with Crippen molar-refractivity contribution >= 4 is 49.8 Å². The number of non-ortho nitro benzene ring substituents is 1. The summed E-state index contributed by atoms with van der Waals surface area (Å²) in [7, 11) is -4.63. The number of nitro groups is 1. The molecule has 2 N–H and O–H groups in total. The van der Waals surface area contributed by atoms with Crippen molar-refractivity contribution in [2.24, 2.45) is 0 Å². The van der Waals surface area contributed by atoms with Gasteiger partial charge in [-0.05, 0) is 81.0 Å². The maximum Gasteiger partial charge on any atom is 0.357 e. The van der Waals surface area contributed by atoms with Crippen LogP contribution in [0.1, 0.15) is 0 Å². The Hall–Kier alpha value is -3.32. The van der Waals surface area contributed by atoms with E-state index in [0.717, 1.165) is 15.7 Å². The fraction of sp³-hybridized carbons (Fsp3) is 0. The van der Waals surface area contributed by atoms with E-state index in [1.54, 1.807) is 12.1 Å². The zero-order chi connectivity index (χ0) is 25.3. The van der Waals surface area contributed by atoms with Gasteiger partial charge < -0.3 is 4.18 Å². The third-order valence-corrected chi connectivity index (χ3v) is 6.45. The van der Waals surface area contributed by atoms with Crippen LogP contribution in [0.4, 0.5) is 5.69 Å². The molecule has 35 heavy (non-hydrogen) atoms. The van der Waals surface area contributed by atoms with Gasteiger partial charge in [0.1, 0.15) is 5.69 Å². The molecule has 0 aliphatic heterocycles. The minimum Gasteiger partial charge on any atom is -0.379 e.